The van der Waals surface area contributed by atoms with Crippen molar-refractivity contribution in [2.75, 3.05) is 39.6 Å². The molecule has 0 aliphatic carbocycles. The zero-order valence-corrected chi connectivity index (χ0v) is 79.0. The summed E-state index contributed by atoms with van der Waals surface area (Å²) in [7, 11) is -9.94. The Morgan fingerprint density at radius 2 is 0.342 bits per heavy atom. The molecule has 0 rings (SSSR count). The number of aliphatic hydroxyl groups excluding tert-OH is 1. The lowest BCUT2D eigenvalue weighted by Crippen LogP contribution is -2.30. The van der Waals surface area contributed by atoms with Crippen molar-refractivity contribution in [3.8, 4) is 0 Å². The molecule has 0 saturated heterocycles. The molecule has 0 bridgehead atoms. The number of hydrogen-bond acceptors (Lipinski definition) is 15. The quantitative estimate of drug-likeness (QED) is 0.0222. The minimum absolute atomic E-state index is 0.110. The maximum absolute atomic E-state index is 13.2. The fourth-order valence-corrected chi connectivity index (χ4v) is 17.2. The number of phosphoric ester groups is 2. The van der Waals surface area contributed by atoms with Gasteiger partial charge >= 0.3 is 39.5 Å². The Kier molecular flexibility index (Phi) is 90.2. The summed E-state index contributed by atoms with van der Waals surface area (Å²) in [6.45, 7) is 5.13. The van der Waals surface area contributed by atoms with E-state index in [1.807, 2.05) is 0 Å². The van der Waals surface area contributed by atoms with E-state index < -0.39 is 97.5 Å². The van der Waals surface area contributed by atoms with Crippen LogP contribution in [0.5, 0.6) is 0 Å². The number of aliphatic hydroxyl groups is 1. The Morgan fingerprint density at radius 3 is 0.504 bits per heavy atom. The first-order chi connectivity index (χ1) is 57.2. The summed E-state index contributed by atoms with van der Waals surface area (Å²) in [5.74, 6) is -2.08. The SMILES string of the molecule is CCCCCCCCCCCCCCCCCCCCCCCCC(=O)OC[C@H](COP(=O)(O)OC[C@@H](O)COP(=O)(O)OC[C@@H](COC(=O)CCCCCCCCCCCCCCC)OC(=O)CCCCCCCCCCCCCCCCCCCCCC)OC(=O)CCCCCCCCCCCCCCCCCCCCCCCC. The predicted molar refractivity (Wildman–Crippen MR) is 488 cm³/mol. The Hall–Kier alpha value is -1.94. The van der Waals surface area contributed by atoms with Crippen molar-refractivity contribution in [1.29, 1.82) is 0 Å². The number of carbonyl (C=O) groups is 4. The molecule has 0 heterocycles. The third-order valence-electron chi connectivity index (χ3n) is 23.4. The van der Waals surface area contributed by atoms with Crippen molar-refractivity contribution < 1.29 is 80.2 Å². The molecule has 0 aliphatic rings. The van der Waals surface area contributed by atoms with E-state index in [4.69, 9.17) is 37.0 Å². The number of carbonyl (C=O) groups excluding carboxylic acids is 4. The first kappa shape index (κ1) is 115. The highest BCUT2D eigenvalue weighted by molar-refractivity contribution is 7.47. The lowest BCUT2D eigenvalue weighted by atomic mass is 10.0. The van der Waals surface area contributed by atoms with E-state index in [-0.39, 0.29) is 25.7 Å². The summed E-state index contributed by atoms with van der Waals surface area (Å²) >= 11 is 0. The molecule has 19 heteroatoms. The lowest BCUT2D eigenvalue weighted by molar-refractivity contribution is -0.161. The zero-order valence-electron chi connectivity index (χ0n) is 77.2. The minimum Gasteiger partial charge on any atom is -0.462 e. The molecule has 0 aromatic heterocycles. The molecule has 696 valence electrons. The van der Waals surface area contributed by atoms with Gasteiger partial charge in [0, 0.05) is 25.7 Å². The largest absolute Gasteiger partial charge is 0.472 e. The summed E-state index contributed by atoms with van der Waals surface area (Å²) in [5.41, 5.74) is 0. The van der Waals surface area contributed by atoms with E-state index in [1.165, 1.54) is 379 Å². The van der Waals surface area contributed by atoms with Gasteiger partial charge in [0.15, 0.2) is 12.2 Å². The summed E-state index contributed by atoms with van der Waals surface area (Å²) in [4.78, 5) is 73.7. The zero-order chi connectivity index (χ0) is 85.2. The van der Waals surface area contributed by atoms with Crippen LogP contribution in [0.3, 0.4) is 0 Å². The van der Waals surface area contributed by atoms with E-state index in [2.05, 4.69) is 27.7 Å². The van der Waals surface area contributed by atoms with Crippen LogP contribution in [0.15, 0.2) is 0 Å². The fourth-order valence-electron chi connectivity index (χ4n) is 15.6. The van der Waals surface area contributed by atoms with Crippen molar-refractivity contribution in [2.24, 2.45) is 0 Å². The number of phosphoric acid groups is 2. The monoisotopic (exact) mass is 1700 g/mol. The molecule has 0 amide bonds. The van der Waals surface area contributed by atoms with E-state index in [0.717, 1.165) is 89.9 Å². The van der Waals surface area contributed by atoms with Crippen molar-refractivity contribution >= 4 is 39.5 Å². The average molecular weight is 1700 g/mol. The van der Waals surface area contributed by atoms with Gasteiger partial charge in [-0.1, -0.05) is 496 Å². The van der Waals surface area contributed by atoms with Crippen LogP contribution in [0, 0.1) is 0 Å². The van der Waals surface area contributed by atoms with Crippen LogP contribution < -0.4 is 0 Å². The highest BCUT2D eigenvalue weighted by Crippen LogP contribution is 2.45. The topological polar surface area (TPSA) is 237 Å². The Bertz CT molecular complexity index is 2190. The van der Waals surface area contributed by atoms with Crippen LogP contribution in [0.25, 0.3) is 0 Å². The minimum atomic E-state index is -4.97. The van der Waals surface area contributed by atoms with Gasteiger partial charge in [-0.25, -0.2) is 9.13 Å². The maximum atomic E-state index is 13.2. The molecular weight excluding hydrogens is 1510 g/mol. The van der Waals surface area contributed by atoms with Crippen LogP contribution in [0.2, 0.25) is 0 Å². The molecule has 3 N–H and O–H groups in total. The normalized spacial score (nSPS) is 13.5. The molecule has 0 aliphatic heterocycles. The molecule has 0 radical (unpaired) electrons. The summed E-state index contributed by atoms with van der Waals surface area (Å²) in [5, 5.41) is 10.7. The van der Waals surface area contributed by atoms with Gasteiger partial charge in [-0.3, -0.25) is 37.3 Å². The van der Waals surface area contributed by atoms with E-state index in [9.17, 15) is 43.2 Å². The van der Waals surface area contributed by atoms with Crippen LogP contribution in [-0.2, 0) is 65.4 Å². The van der Waals surface area contributed by atoms with Crippen molar-refractivity contribution in [2.45, 2.75) is 566 Å². The molecule has 0 aromatic carbocycles. The van der Waals surface area contributed by atoms with Crippen LogP contribution >= 0.6 is 15.6 Å². The third kappa shape index (κ3) is 91.6. The van der Waals surface area contributed by atoms with Crippen molar-refractivity contribution in [3.63, 3.8) is 0 Å². The smallest absolute Gasteiger partial charge is 0.462 e. The van der Waals surface area contributed by atoms with Gasteiger partial charge in [-0.15, -0.1) is 0 Å². The van der Waals surface area contributed by atoms with Crippen LogP contribution in [0.1, 0.15) is 548 Å². The van der Waals surface area contributed by atoms with Gasteiger partial charge in [0.25, 0.3) is 0 Å². The van der Waals surface area contributed by atoms with E-state index in [0.29, 0.717) is 25.7 Å². The van der Waals surface area contributed by atoms with E-state index in [1.54, 1.807) is 0 Å². The predicted octanol–water partition coefficient (Wildman–Crippen LogP) is 31.2. The number of hydrogen-bond donors (Lipinski definition) is 3. The molecule has 0 aromatic rings. The second-order valence-electron chi connectivity index (χ2n) is 35.2. The van der Waals surface area contributed by atoms with Crippen molar-refractivity contribution in [3.05, 3.63) is 0 Å². The average Bonchev–Trinajstić information content (AvgIpc) is 0.895. The van der Waals surface area contributed by atoms with Crippen LogP contribution in [-0.4, -0.2) is 96.7 Å². The van der Waals surface area contributed by atoms with Gasteiger partial charge in [-0.2, -0.15) is 0 Å². The number of rotatable bonds is 99. The molecule has 0 saturated carbocycles. The highest BCUT2D eigenvalue weighted by atomic mass is 31.2. The number of unbranched alkanes of at least 4 members (excludes halogenated alkanes) is 73. The van der Waals surface area contributed by atoms with Crippen molar-refractivity contribution in [1.82, 2.24) is 0 Å². The first-order valence-electron chi connectivity index (χ1n) is 50.8. The molecule has 2 unspecified atom stereocenters. The number of ether oxygens (including phenoxy) is 4. The second kappa shape index (κ2) is 91.7. The Balaban J connectivity index is 5.24. The second-order valence-corrected chi connectivity index (χ2v) is 38.1. The Labute approximate surface area is 721 Å². The van der Waals surface area contributed by atoms with Gasteiger partial charge < -0.3 is 33.8 Å². The van der Waals surface area contributed by atoms with Gasteiger partial charge in [0.1, 0.15) is 19.3 Å². The summed E-state index contributed by atoms with van der Waals surface area (Å²) in [6, 6.07) is 0. The molecule has 0 spiro atoms. The highest BCUT2D eigenvalue weighted by Gasteiger charge is 2.31. The lowest BCUT2D eigenvalue weighted by Gasteiger charge is -2.21. The maximum Gasteiger partial charge on any atom is 0.472 e. The van der Waals surface area contributed by atoms with Gasteiger partial charge in [0.05, 0.1) is 26.4 Å². The fraction of sp³-hybridized carbons (Fsp3) is 0.959. The van der Waals surface area contributed by atoms with Crippen LogP contribution in [0.4, 0.5) is 0 Å². The van der Waals surface area contributed by atoms with E-state index >= 15 is 0 Å². The molecule has 17 nitrogen and oxygen atoms in total. The molecule has 0 fully saturated rings. The molecule has 5 atom stereocenters. The number of esters is 4. The summed E-state index contributed by atoms with van der Waals surface area (Å²) in [6.07, 6.45) is 92.0. The standard InChI is InChI=1S/C98H192O17P2/c1-5-9-13-17-21-25-29-33-36-39-42-45-47-50-52-55-59-63-67-71-75-79-83-96(101)109-89-94(115-98(103)85-81-77-73-69-65-61-57-54-51-48-46-43-40-37-34-30-26-22-18-14-10-6-2)91-113-117(106,107)111-87-92(99)86-110-116(104,105)112-90-93(88-108-95(100)82-78-74-70-66-62-58-32-28-24-20-16-12-8-4)114-97(102)84-80-76-72-68-64-60-56-53-49-44-41-38-35-31-27-23-19-15-11-7-3/h92-94,99H,5-91H2,1-4H3,(H,104,105)(H,106,107)/t92-,93+,94+/m0/s1. The Morgan fingerprint density at radius 1 is 0.205 bits per heavy atom. The van der Waals surface area contributed by atoms with Gasteiger partial charge in [-0.05, 0) is 25.7 Å². The van der Waals surface area contributed by atoms with Gasteiger partial charge in [0.2, 0.25) is 0 Å². The molecule has 117 heavy (non-hydrogen) atoms. The summed E-state index contributed by atoms with van der Waals surface area (Å²) < 4.78 is 69.3. The first-order valence-corrected chi connectivity index (χ1v) is 53.8. The third-order valence-corrected chi connectivity index (χ3v) is 25.3. The molecular formula is C98H192O17P2.